The van der Waals surface area contributed by atoms with Gasteiger partial charge in [0.25, 0.3) is 0 Å². The molecule has 1 saturated heterocycles. The van der Waals surface area contributed by atoms with E-state index in [9.17, 15) is 9.59 Å². The van der Waals surface area contributed by atoms with E-state index in [4.69, 9.17) is 9.84 Å². The third-order valence-electron chi connectivity index (χ3n) is 3.42. The van der Waals surface area contributed by atoms with E-state index in [1.54, 1.807) is 19.3 Å². The molecule has 21 heavy (non-hydrogen) atoms. The van der Waals surface area contributed by atoms with E-state index in [0.717, 1.165) is 16.5 Å². The largest absolute Gasteiger partial charge is 0.496 e. The molecule has 1 aromatic carbocycles. The Labute approximate surface area is 131 Å². The third kappa shape index (κ3) is 3.64. The lowest BCUT2D eigenvalue weighted by Gasteiger charge is -2.19. The van der Waals surface area contributed by atoms with Crippen molar-refractivity contribution in [2.24, 2.45) is 0 Å². The second kappa shape index (κ2) is 6.76. The van der Waals surface area contributed by atoms with Gasteiger partial charge in [0.05, 0.1) is 7.11 Å². The van der Waals surface area contributed by atoms with Crippen LogP contribution in [-0.4, -0.2) is 41.6 Å². The molecule has 2 rings (SSSR count). The lowest BCUT2D eigenvalue weighted by Crippen LogP contribution is -2.39. The van der Waals surface area contributed by atoms with Crippen LogP contribution in [0.5, 0.6) is 5.75 Å². The van der Waals surface area contributed by atoms with Crippen molar-refractivity contribution in [1.29, 1.82) is 0 Å². The van der Waals surface area contributed by atoms with Crippen LogP contribution < -0.4 is 4.74 Å². The van der Waals surface area contributed by atoms with E-state index in [-0.39, 0.29) is 5.91 Å². The summed E-state index contributed by atoms with van der Waals surface area (Å²) >= 11 is 3.36. The van der Waals surface area contributed by atoms with Gasteiger partial charge in [0.2, 0.25) is 5.91 Å². The van der Waals surface area contributed by atoms with Gasteiger partial charge < -0.3 is 14.7 Å². The van der Waals surface area contributed by atoms with Crippen molar-refractivity contribution < 1.29 is 19.4 Å². The number of rotatable bonds is 4. The van der Waals surface area contributed by atoms with Crippen molar-refractivity contribution in [1.82, 2.24) is 4.90 Å². The quantitative estimate of drug-likeness (QED) is 0.844. The summed E-state index contributed by atoms with van der Waals surface area (Å²) in [4.78, 5) is 24.6. The van der Waals surface area contributed by atoms with Crippen molar-refractivity contribution >= 4 is 33.9 Å². The summed E-state index contributed by atoms with van der Waals surface area (Å²) in [6, 6.07) is 4.76. The second-order valence-corrected chi connectivity index (χ2v) is 5.66. The van der Waals surface area contributed by atoms with Crippen LogP contribution in [0.4, 0.5) is 0 Å². The Kier molecular flexibility index (Phi) is 5.01. The van der Waals surface area contributed by atoms with Crippen molar-refractivity contribution in [3.8, 4) is 5.75 Å². The van der Waals surface area contributed by atoms with Gasteiger partial charge in [-0.25, -0.2) is 4.79 Å². The molecule has 1 aromatic rings. The third-order valence-corrected chi connectivity index (χ3v) is 3.91. The molecule has 6 heteroatoms. The molecule has 1 unspecified atom stereocenters. The number of hydrogen-bond acceptors (Lipinski definition) is 3. The summed E-state index contributed by atoms with van der Waals surface area (Å²) in [6.07, 6.45) is 4.26. The molecule has 1 aliphatic heterocycles. The molecule has 1 amide bonds. The molecular formula is C15H16BrNO4. The topological polar surface area (TPSA) is 66.8 Å². The molecule has 0 saturated carbocycles. The molecule has 0 bridgehead atoms. The zero-order valence-corrected chi connectivity index (χ0v) is 13.2. The van der Waals surface area contributed by atoms with Gasteiger partial charge in [-0.1, -0.05) is 15.9 Å². The highest BCUT2D eigenvalue weighted by Gasteiger charge is 2.32. The van der Waals surface area contributed by atoms with Crippen LogP contribution in [-0.2, 0) is 9.59 Å². The predicted octanol–water partition coefficient (Wildman–Crippen LogP) is 2.55. The smallest absolute Gasteiger partial charge is 0.326 e. The second-order valence-electron chi connectivity index (χ2n) is 4.75. The maximum Gasteiger partial charge on any atom is 0.326 e. The summed E-state index contributed by atoms with van der Waals surface area (Å²) in [5.74, 6) is -0.588. The van der Waals surface area contributed by atoms with Crippen molar-refractivity contribution in [3.63, 3.8) is 0 Å². The van der Waals surface area contributed by atoms with Crippen LogP contribution in [0.1, 0.15) is 18.4 Å². The first kappa shape index (κ1) is 15.6. The Morgan fingerprint density at radius 2 is 2.24 bits per heavy atom. The van der Waals surface area contributed by atoms with Crippen molar-refractivity contribution in [2.45, 2.75) is 18.9 Å². The van der Waals surface area contributed by atoms with Gasteiger partial charge in [-0.05, 0) is 37.1 Å². The maximum atomic E-state index is 12.1. The Hall–Kier alpha value is -1.82. The Bertz CT molecular complexity index is 585. The molecule has 0 spiro atoms. The standard InChI is InChI=1S/C15H16BrNO4/c1-21-13-6-5-11(16)9-10(13)4-7-14(18)17-8-2-3-12(17)15(19)20/h4-7,9,12H,2-3,8H2,1H3,(H,19,20)/b7-4+. The van der Waals surface area contributed by atoms with Crippen LogP contribution in [0.2, 0.25) is 0 Å². The number of nitrogens with zero attached hydrogens (tertiary/aromatic N) is 1. The van der Waals surface area contributed by atoms with E-state index < -0.39 is 12.0 Å². The number of methoxy groups -OCH3 is 1. The summed E-state index contributed by atoms with van der Waals surface area (Å²) in [7, 11) is 1.56. The van der Waals surface area contributed by atoms with E-state index in [2.05, 4.69) is 15.9 Å². The van der Waals surface area contributed by atoms with Gasteiger partial charge in [0.15, 0.2) is 0 Å². The van der Waals surface area contributed by atoms with Gasteiger partial charge >= 0.3 is 5.97 Å². The first-order chi connectivity index (χ1) is 10.0. The number of ether oxygens (including phenoxy) is 1. The fourth-order valence-corrected chi connectivity index (χ4v) is 2.76. The molecule has 1 atom stereocenters. The summed E-state index contributed by atoms with van der Waals surface area (Å²) < 4.78 is 6.10. The molecule has 0 aliphatic carbocycles. The SMILES string of the molecule is COc1ccc(Br)cc1/C=C/C(=O)N1CCCC1C(=O)O. The Morgan fingerprint density at radius 1 is 1.48 bits per heavy atom. The minimum atomic E-state index is -0.950. The number of hydrogen-bond donors (Lipinski definition) is 1. The molecule has 1 heterocycles. The first-order valence-electron chi connectivity index (χ1n) is 6.58. The van der Waals surface area contributed by atoms with E-state index in [1.807, 2.05) is 12.1 Å². The molecule has 112 valence electrons. The molecule has 1 N–H and O–H groups in total. The number of halogens is 1. The van der Waals surface area contributed by atoms with Gasteiger partial charge in [0, 0.05) is 22.7 Å². The van der Waals surface area contributed by atoms with Gasteiger partial charge in [0.1, 0.15) is 11.8 Å². The predicted molar refractivity (Wildman–Crippen MR) is 82.1 cm³/mol. The van der Waals surface area contributed by atoms with Crippen LogP contribution >= 0.6 is 15.9 Å². The zero-order valence-electron chi connectivity index (χ0n) is 11.6. The molecule has 5 nitrogen and oxygen atoms in total. The van der Waals surface area contributed by atoms with Crippen molar-refractivity contribution in [3.05, 3.63) is 34.3 Å². The van der Waals surface area contributed by atoms with Crippen molar-refractivity contribution in [2.75, 3.05) is 13.7 Å². The minimum Gasteiger partial charge on any atom is -0.496 e. The maximum absolute atomic E-state index is 12.1. The Morgan fingerprint density at radius 3 is 2.90 bits per heavy atom. The van der Waals surface area contributed by atoms with Gasteiger partial charge in [-0.3, -0.25) is 4.79 Å². The number of carbonyl (C=O) groups is 2. The van der Waals surface area contributed by atoms with Crippen LogP contribution in [0.25, 0.3) is 6.08 Å². The number of aliphatic carboxylic acids is 1. The number of carboxylic acids is 1. The number of likely N-dealkylation sites (tertiary alicyclic amines) is 1. The van der Waals surface area contributed by atoms with Gasteiger partial charge in [-0.15, -0.1) is 0 Å². The van der Waals surface area contributed by atoms with E-state index in [1.165, 1.54) is 11.0 Å². The van der Waals surface area contributed by atoms with Gasteiger partial charge in [-0.2, -0.15) is 0 Å². The molecule has 0 aromatic heterocycles. The van der Waals surface area contributed by atoms with E-state index >= 15 is 0 Å². The van der Waals surface area contributed by atoms with Crippen LogP contribution in [0, 0.1) is 0 Å². The summed E-state index contributed by atoms with van der Waals surface area (Å²) in [6.45, 7) is 0.482. The molecular weight excluding hydrogens is 338 g/mol. The fourth-order valence-electron chi connectivity index (χ4n) is 2.38. The highest BCUT2D eigenvalue weighted by molar-refractivity contribution is 9.10. The summed E-state index contributed by atoms with van der Waals surface area (Å²) in [5, 5.41) is 9.09. The van der Waals surface area contributed by atoms with E-state index in [0.29, 0.717) is 18.7 Å². The monoisotopic (exact) mass is 353 g/mol. The number of benzene rings is 1. The first-order valence-corrected chi connectivity index (χ1v) is 7.37. The number of carbonyl (C=O) groups excluding carboxylic acids is 1. The summed E-state index contributed by atoms with van der Waals surface area (Å²) in [5.41, 5.74) is 0.756. The highest BCUT2D eigenvalue weighted by Crippen LogP contribution is 2.24. The zero-order chi connectivity index (χ0) is 15.4. The fraction of sp³-hybridized carbons (Fsp3) is 0.333. The lowest BCUT2D eigenvalue weighted by atomic mass is 10.2. The number of amides is 1. The molecule has 0 radical (unpaired) electrons. The Balaban J connectivity index is 2.15. The van der Waals surface area contributed by atoms with Crippen LogP contribution in [0.3, 0.4) is 0 Å². The van der Waals surface area contributed by atoms with Crippen LogP contribution in [0.15, 0.2) is 28.7 Å². The average Bonchev–Trinajstić information content (AvgIpc) is 2.94. The number of carboxylic acid groups (broad SMARTS) is 1. The highest BCUT2D eigenvalue weighted by atomic mass is 79.9. The normalized spacial score (nSPS) is 18.2. The molecule has 1 fully saturated rings. The minimum absolute atomic E-state index is 0.290. The average molecular weight is 354 g/mol. The lowest BCUT2D eigenvalue weighted by molar-refractivity contribution is -0.146. The molecule has 1 aliphatic rings.